The van der Waals surface area contributed by atoms with Gasteiger partial charge in [0.05, 0.1) is 10.9 Å². The van der Waals surface area contributed by atoms with Gasteiger partial charge in [0.1, 0.15) is 18.1 Å². The smallest absolute Gasteiger partial charge is 0.129 e. The highest BCUT2D eigenvalue weighted by atomic mass is 32.2. The van der Waals surface area contributed by atoms with Crippen molar-refractivity contribution in [3.8, 4) is 23.2 Å². The molecule has 2 atom stereocenters. The fourth-order valence-electron chi connectivity index (χ4n) is 3.83. The van der Waals surface area contributed by atoms with E-state index in [1.54, 1.807) is 0 Å². The van der Waals surface area contributed by atoms with Crippen LogP contribution in [0.15, 0.2) is 42.6 Å². The number of fused-ring (bicyclic) bond motifs is 1. The molecule has 154 valence electrons. The molecular formula is C24H26N4OS. The van der Waals surface area contributed by atoms with Crippen LogP contribution in [0.4, 0.5) is 5.82 Å². The van der Waals surface area contributed by atoms with E-state index in [0.29, 0.717) is 6.04 Å². The third kappa shape index (κ3) is 3.96. The largest absolute Gasteiger partial charge is 0.384 e. The van der Waals surface area contributed by atoms with Crippen LogP contribution in [-0.4, -0.2) is 38.3 Å². The van der Waals surface area contributed by atoms with Crippen LogP contribution in [0.5, 0.6) is 0 Å². The second-order valence-electron chi connectivity index (χ2n) is 7.43. The van der Waals surface area contributed by atoms with Gasteiger partial charge in [0, 0.05) is 35.7 Å². The lowest BCUT2D eigenvalue weighted by molar-refractivity contribution is 0.350. The number of thioether (sulfide) groups is 1. The van der Waals surface area contributed by atoms with Crippen molar-refractivity contribution in [2.24, 2.45) is 0 Å². The minimum atomic E-state index is -0.129. The van der Waals surface area contributed by atoms with Crippen molar-refractivity contribution >= 4 is 17.6 Å². The molecule has 0 saturated carbocycles. The number of aromatic nitrogens is 3. The molecule has 0 bridgehead atoms. The molecular weight excluding hydrogens is 392 g/mol. The molecule has 0 fully saturated rings. The van der Waals surface area contributed by atoms with E-state index in [1.165, 1.54) is 16.7 Å². The summed E-state index contributed by atoms with van der Waals surface area (Å²) in [5.41, 5.74) is 6.40. The Hall–Kier alpha value is -2.75. The molecule has 3 aromatic rings. The highest BCUT2D eigenvalue weighted by Gasteiger charge is 2.32. The number of nitrogens with zero attached hydrogens (tertiary/aromatic N) is 3. The quantitative estimate of drug-likeness (QED) is 0.623. The average Bonchev–Trinajstić information content (AvgIpc) is 3.03. The third-order valence-electron chi connectivity index (χ3n) is 5.22. The summed E-state index contributed by atoms with van der Waals surface area (Å²) in [7, 11) is 0. The maximum Gasteiger partial charge on any atom is 0.129 e. The second-order valence-corrected chi connectivity index (χ2v) is 8.57. The Morgan fingerprint density at radius 1 is 1.30 bits per heavy atom. The summed E-state index contributed by atoms with van der Waals surface area (Å²) in [6.07, 6.45) is 1.82. The standard InChI is InChI=1S/C24H26N4OS/c1-4-28-24-21(22(27-28)20-9-5-6-12-25-20)23(30-15-17(3)26-24)19-11-10-18(8-7-13-29)14-16(19)2/h5-6,9-12,14,17,23,26,29H,4,13,15H2,1-3H3. The highest BCUT2D eigenvalue weighted by molar-refractivity contribution is 7.99. The summed E-state index contributed by atoms with van der Waals surface area (Å²) in [5, 5.41) is 17.8. The average molecular weight is 419 g/mol. The molecule has 1 aromatic carbocycles. The van der Waals surface area contributed by atoms with E-state index in [1.807, 2.05) is 42.2 Å². The molecule has 2 unspecified atom stereocenters. The van der Waals surface area contributed by atoms with Crippen LogP contribution >= 0.6 is 11.8 Å². The van der Waals surface area contributed by atoms with E-state index >= 15 is 0 Å². The molecule has 0 amide bonds. The number of aliphatic hydroxyl groups is 1. The van der Waals surface area contributed by atoms with Crippen LogP contribution in [0.2, 0.25) is 0 Å². The van der Waals surface area contributed by atoms with Crippen molar-refractivity contribution in [3.05, 3.63) is 64.8 Å². The lowest BCUT2D eigenvalue weighted by Crippen LogP contribution is -2.19. The second kappa shape index (κ2) is 8.95. The monoisotopic (exact) mass is 418 g/mol. The van der Waals surface area contributed by atoms with Gasteiger partial charge in [-0.2, -0.15) is 5.10 Å². The van der Waals surface area contributed by atoms with E-state index in [-0.39, 0.29) is 11.9 Å². The first kappa shape index (κ1) is 20.5. The van der Waals surface area contributed by atoms with Gasteiger partial charge in [-0.3, -0.25) is 4.98 Å². The maximum absolute atomic E-state index is 8.99. The number of nitrogens with one attached hydrogen (secondary N) is 1. The Morgan fingerprint density at radius 3 is 2.87 bits per heavy atom. The van der Waals surface area contributed by atoms with E-state index in [0.717, 1.165) is 35.1 Å². The predicted octanol–water partition coefficient (Wildman–Crippen LogP) is 4.25. The molecule has 5 nitrogen and oxygen atoms in total. The normalized spacial score (nSPS) is 18.0. The van der Waals surface area contributed by atoms with Crippen LogP contribution < -0.4 is 5.32 Å². The highest BCUT2D eigenvalue weighted by Crippen LogP contribution is 2.47. The SMILES string of the molecule is CCn1nc(-c2ccccn2)c2c1NC(C)CSC2c1ccc(C#CCO)cc1C. The number of aliphatic hydroxyl groups excluding tert-OH is 1. The van der Waals surface area contributed by atoms with Crippen molar-refractivity contribution in [3.63, 3.8) is 0 Å². The Bertz CT molecular complexity index is 1100. The Labute approximate surface area is 181 Å². The van der Waals surface area contributed by atoms with E-state index in [9.17, 15) is 0 Å². The van der Waals surface area contributed by atoms with Crippen molar-refractivity contribution in [1.82, 2.24) is 14.8 Å². The van der Waals surface area contributed by atoms with Crippen molar-refractivity contribution in [2.75, 3.05) is 17.7 Å². The fourth-order valence-corrected chi connectivity index (χ4v) is 5.23. The molecule has 0 aliphatic carbocycles. The Balaban J connectivity index is 1.89. The van der Waals surface area contributed by atoms with Crippen LogP contribution in [0.25, 0.3) is 11.4 Å². The zero-order valence-corrected chi connectivity index (χ0v) is 18.3. The summed E-state index contributed by atoms with van der Waals surface area (Å²) in [4.78, 5) is 4.60. The molecule has 0 radical (unpaired) electrons. The first-order valence-corrected chi connectivity index (χ1v) is 11.3. The number of hydrogen-bond donors (Lipinski definition) is 2. The zero-order chi connectivity index (χ0) is 21.1. The minimum absolute atomic E-state index is 0.129. The fraction of sp³-hybridized carbons (Fsp3) is 0.333. The summed E-state index contributed by atoms with van der Waals surface area (Å²) in [6.45, 7) is 7.13. The molecule has 30 heavy (non-hydrogen) atoms. The third-order valence-corrected chi connectivity index (χ3v) is 6.73. The lowest BCUT2D eigenvalue weighted by Gasteiger charge is -2.19. The van der Waals surface area contributed by atoms with Gasteiger partial charge in [-0.15, -0.1) is 11.8 Å². The Kier molecular flexibility index (Phi) is 6.12. The molecule has 1 aliphatic heterocycles. The zero-order valence-electron chi connectivity index (χ0n) is 17.5. The number of rotatable bonds is 3. The molecule has 3 heterocycles. The van der Waals surface area contributed by atoms with Gasteiger partial charge in [-0.25, -0.2) is 4.68 Å². The molecule has 1 aliphatic rings. The maximum atomic E-state index is 8.99. The number of pyridine rings is 1. The molecule has 6 heteroatoms. The van der Waals surface area contributed by atoms with E-state index in [4.69, 9.17) is 10.2 Å². The topological polar surface area (TPSA) is 63.0 Å². The number of aryl methyl sites for hydroxylation is 2. The summed E-state index contributed by atoms with van der Waals surface area (Å²) < 4.78 is 2.06. The first-order chi connectivity index (χ1) is 14.6. The lowest BCUT2D eigenvalue weighted by atomic mass is 9.96. The van der Waals surface area contributed by atoms with Gasteiger partial charge < -0.3 is 10.4 Å². The van der Waals surface area contributed by atoms with Crippen LogP contribution in [0, 0.1) is 18.8 Å². The summed E-state index contributed by atoms with van der Waals surface area (Å²) in [5.74, 6) is 7.82. The first-order valence-electron chi connectivity index (χ1n) is 10.2. The number of anilines is 1. The van der Waals surface area contributed by atoms with Gasteiger partial charge in [0.25, 0.3) is 0 Å². The van der Waals surface area contributed by atoms with Crippen molar-refractivity contribution < 1.29 is 5.11 Å². The van der Waals surface area contributed by atoms with Crippen LogP contribution in [0.1, 0.15) is 41.4 Å². The molecule has 2 aromatic heterocycles. The van der Waals surface area contributed by atoms with Gasteiger partial charge >= 0.3 is 0 Å². The van der Waals surface area contributed by atoms with Gasteiger partial charge in [0.15, 0.2) is 0 Å². The predicted molar refractivity (Wildman–Crippen MR) is 124 cm³/mol. The molecule has 4 rings (SSSR count). The van der Waals surface area contributed by atoms with Gasteiger partial charge in [-0.1, -0.05) is 24.0 Å². The Morgan fingerprint density at radius 2 is 2.17 bits per heavy atom. The van der Waals surface area contributed by atoms with Crippen LogP contribution in [0.3, 0.4) is 0 Å². The molecule has 0 saturated heterocycles. The number of benzene rings is 1. The van der Waals surface area contributed by atoms with E-state index in [2.05, 4.69) is 59.7 Å². The van der Waals surface area contributed by atoms with Crippen molar-refractivity contribution in [1.29, 1.82) is 0 Å². The molecule has 2 N–H and O–H groups in total. The number of hydrogen-bond acceptors (Lipinski definition) is 5. The van der Waals surface area contributed by atoms with Gasteiger partial charge in [-0.05, 0) is 56.2 Å². The minimum Gasteiger partial charge on any atom is -0.384 e. The van der Waals surface area contributed by atoms with Crippen LogP contribution in [-0.2, 0) is 6.54 Å². The molecule has 0 spiro atoms. The summed E-state index contributed by atoms with van der Waals surface area (Å²) >= 11 is 1.94. The summed E-state index contributed by atoms with van der Waals surface area (Å²) in [6, 6.07) is 12.6. The van der Waals surface area contributed by atoms with Crippen molar-refractivity contribution in [2.45, 2.75) is 38.6 Å². The van der Waals surface area contributed by atoms with E-state index < -0.39 is 0 Å². The van der Waals surface area contributed by atoms with Gasteiger partial charge in [0.2, 0.25) is 0 Å².